The lowest BCUT2D eigenvalue weighted by Crippen LogP contribution is -2.05. The van der Waals surface area contributed by atoms with Gasteiger partial charge in [0.2, 0.25) is 0 Å². The van der Waals surface area contributed by atoms with Crippen LogP contribution in [-0.2, 0) is 6.18 Å². The number of phenols is 1. The third-order valence-electron chi connectivity index (χ3n) is 2.76. The average Bonchev–Trinajstić information content (AvgIpc) is 2.50. The number of aromatic hydroxyl groups is 1. The van der Waals surface area contributed by atoms with Crippen LogP contribution in [0.2, 0.25) is 5.02 Å². The topological polar surface area (TPSA) is 66.7 Å². The normalized spacial score (nSPS) is 11.7. The molecular weight excluding hydrogens is 335 g/mol. The van der Waals surface area contributed by atoms with Crippen molar-refractivity contribution in [1.29, 1.82) is 0 Å². The zero-order chi connectivity index (χ0) is 17.0. The maximum atomic E-state index is 12.4. The summed E-state index contributed by atoms with van der Waals surface area (Å²) in [5, 5.41) is 14.0. The molecule has 1 aromatic carbocycles. The second-order valence-electron chi connectivity index (χ2n) is 4.35. The van der Waals surface area contributed by atoms with Gasteiger partial charge < -0.3 is 9.84 Å². The van der Waals surface area contributed by atoms with Gasteiger partial charge in [0, 0.05) is 22.8 Å². The number of hydrogen-bond donors (Lipinski definition) is 2. The van der Waals surface area contributed by atoms with E-state index in [0.717, 1.165) is 12.1 Å². The largest absolute Gasteiger partial charge is 0.504 e. The number of alkyl halides is 3. The lowest BCUT2D eigenvalue weighted by molar-refractivity contribution is -0.137. The molecule has 0 aliphatic rings. The van der Waals surface area contributed by atoms with E-state index in [0.29, 0.717) is 11.2 Å². The predicted octanol–water partition coefficient (Wildman–Crippen LogP) is 3.91. The minimum Gasteiger partial charge on any atom is -0.504 e. The van der Waals surface area contributed by atoms with Crippen LogP contribution in [0.1, 0.15) is 11.1 Å². The van der Waals surface area contributed by atoms with Gasteiger partial charge >= 0.3 is 6.18 Å². The minimum absolute atomic E-state index is 0.114. The van der Waals surface area contributed by atoms with E-state index in [-0.39, 0.29) is 22.9 Å². The molecule has 9 heteroatoms. The molecule has 0 fully saturated rings. The molecular formula is C14H11ClF3N3O2. The first kappa shape index (κ1) is 16.9. The first-order chi connectivity index (χ1) is 10.8. The fraction of sp³-hybridized carbons (Fsp3) is 0.143. The van der Waals surface area contributed by atoms with E-state index in [2.05, 4.69) is 15.5 Å². The zero-order valence-corrected chi connectivity index (χ0v) is 12.5. The van der Waals surface area contributed by atoms with E-state index in [1.54, 1.807) is 0 Å². The summed E-state index contributed by atoms with van der Waals surface area (Å²) in [7, 11) is 1.37. The van der Waals surface area contributed by atoms with E-state index in [9.17, 15) is 18.3 Å². The van der Waals surface area contributed by atoms with Gasteiger partial charge in [-0.05, 0) is 18.2 Å². The number of nitrogens with one attached hydrogen (secondary N) is 1. The Bertz CT molecular complexity index is 718. The summed E-state index contributed by atoms with van der Waals surface area (Å²) < 4.78 is 42.2. The van der Waals surface area contributed by atoms with Crippen molar-refractivity contribution in [2.75, 3.05) is 12.5 Å². The third-order valence-corrected chi connectivity index (χ3v) is 2.98. The number of pyridine rings is 1. The lowest BCUT2D eigenvalue weighted by Gasteiger charge is -2.07. The number of hydrogen-bond acceptors (Lipinski definition) is 5. The van der Waals surface area contributed by atoms with Gasteiger partial charge in [0.15, 0.2) is 11.5 Å². The van der Waals surface area contributed by atoms with Gasteiger partial charge in [-0.15, -0.1) is 0 Å². The Morgan fingerprint density at radius 3 is 2.65 bits per heavy atom. The van der Waals surface area contributed by atoms with Crippen LogP contribution in [0, 0.1) is 0 Å². The van der Waals surface area contributed by atoms with Crippen LogP contribution in [0.15, 0.2) is 35.6 Å². The van der Waals surface area contributed by atoms with Crippen molar-refractivity contribution in [1.82, 2.24) is 4.98 Å². The monoisotopic (exact) mass is 345 g/mol. The molecule has 1 aromatic heterocycles. The van der Waals surface area contributed by atoms with Crippen molar-refractivity contribution < 1.29 is 23.0 Å². The Labute approximate surface area is 134 Å². The molecule has 0 amide bonds. The molecule has 0 bridgehead atoms. The first-order valence-electron chi connectivity index (χ1n) is 6.20. The van der Waals surface area contributed by atoms with E-state index in [4.69, 9.17) is 16.3 Å². The third kappa shape index (κ3) is 4.26. The molecule has 2 N–H and O–H groups in total. The molecule has 0 atom stereocenters. The van der Waals surface area contributed by atoms with Gasteiger partial charge in [-0.2, -0.15) is 18.3 Å². The Morgan fingerprint density at radius 1 is 1.35 bits per heavy atom. The first-order valence-corrected chi connectivity index (χ1v) is 6.58. The van der Waals surface area contributed by atoms with Crippen molar-refractivity contribution in [3.63, 3.8) is 0 Å². The van der Waals surface area contributed by atoms with Crippen LogP contribution in [0.5, 0.6) is 11.5 Å². The molecule has 2 rings (SSSR count). The number of phenolic OH excluding ortho intramolecular Hbond substituents is 1. The van der Waals surface area contributed by atoms with Crippen LogP contribution < -0.4 is 10.2 Å². The predicted molar refractivity (Wildman–Crippen MR) is 80.1 cm³/mol. The number of rotatable bonds is 4. The number of hydrazone groups is 1. The van der Waals surface area contributed by atoms with Gasteiger partial charge in [0.25, 0.3) is 0 Å². The Morgan fingerprint density at radius 2 is 2.09 bits per heavy atom. The number of benzene rings is 1. The van der Waals surface area contributed by atoms with Crippen molar-refractivity contribution in [3.05, 3.63) is 46.6 Å². The Hall–Kier alpha value is -2.48. The van der Waals surface area contributed by atoms with Crippen LogP contribution in [0.3, 0.4) is 0 Å². The van der Waals surface area contributed by atoms with E-state index < -0.39 is 11.7 Å². The average molecular weight is 346 g/mol. The van der Waals surface area contributed by atoms with Crippen LogP contribution in [0.4, 0.5) is 19.0 Å². The molecule has 0 unspecified atom stereocenters. The summed E-state index contributed by atoms with van der Waals surface area (Å²) in [6, 6.07) is 4.90. The maximum absolute atomic E-state index is 12.4. The summed E-state index contributed by atoms with van der Waals surface area (Å²) in [6.45, 7) is 0. The van der Waals surface area contributed by atoms with Crippen molar-refractivity contribution in [2.45, 2.75) is 6.18 Å². The summed E-state index contributed by atoms with van der Waals surface area (Å²) in [6.07, 6.45) is -2.52. The number of aromatic nitrogens is 1. The fourth-order valence-electron chi connectivity index (χ4n) is 1.64. The highest BCUT2D eigenvalue weighted by Crippen LogP contribution is 2.32. The van der Waals surface area contributed by atoms with E-state index >= 15 is 0 Å². The molecule has 5 nitrogen and oxygen atoms in total. The molecule has 122 valence electrons. The smallest absolute Gasteiger partial charge is 0.417 e. The van der Waals surface area contributed by atoms with Gasteiger partial charge in [0.05, 0.1) is 18.9 Å². The zero-order valence-electron chi connectivity index (χ0n) is 11.7. The molecule has 2 aromatic rings. The lowest BCUT2D eigenvalue weighted by atomic mass is 10.2. The number of ether oxygens (including phenoxy) is 1. The molecule has 0 radical (unpaired) electrons. The number of anilines is 1. The highest BCUT2D eigenvalue weighted by Gasteiger charge is 2.30. The molecule has 0 saturated heterocycles. The number of nitrogens with zero attached hydrogens (tertiary/aromatic N) is 2. The summed E-state index contributed by atoms with van der Waals surface area (Å²) in [5.74, 6) is 0.122. The molecule has 0 aliphatic carbocycles. The second kappa shape index (κ2) is 6.74. The van der Waals surface area contributed by atoms with Gasteiger partial charge in [-0.25, -0.2) is 4.98 Å². The van der Waals surface area contributed by atoms with Gasteiger partial charge in [-0.1, -0.05) is 11.6 Å². The second-order valence-corrected chi connectivity index (χ2v) is 4.78. The highest BCUT2D eigenvalue weighted by atomic mass is 35.5. The molecule has 0 spiro atoms. The van der Waals surface area contributed by atoms with E-state index in [1.807, 2.05) is 0 Å². The number of halogens is 4. The van der Waals surface area contributed by atoms with Crippen molar-refractivity contribution in [3.8, 4) is 11.5 Å². The molecule has 0 saturated carbocycles. The van der Waals surface area contributed by atoms with Crippen LogP contribution in [-0.4, -0.2) is 23.4 Å². The molecule has 0 aliphatic heterocycles. The van der Waals surface area contributed by atoms with Crippen molar-refractivity contribution >= 4 is 23.6 Å². The van der Waals surface area contributed by atoms with Crippen LogP contribution in [0.25, 0.3) is 0 Å². The standard InChI is InChI=1S/C14H11ClF3N3O2/c1-23-11-5-10(15)4-8(13(11)22)6-20-21-12-3-2-9(7-19-12)14(16,17)18/h2-7,22H,1H3,(H,19,21)/b20-6-. The summed E-state index contributed by atoms with van der Waals surface area (Å²) in [4.78, 5) is 3.59. The fourth-order valence-corrected chi connectivity index (χ4v) is 1.86. The Balaban J connectivity index is 2.12. The van der Waals surface area contributed by atoms with Crippen LogP contribution >= 0.6 is 11.6 Å². The van der Waals surface area contributed by atoms with E-state index in [1.165, 1.54) is 25.5 Å². The quantitative estimate of drug-likeness (QED) is 0.651. The minimum atomic E-state index is -4.45. The SMILES string of the molecule is COc1cc(Cl)cc(/C=N\Nc2ccc(C(F)(F)F)cn2)c1O. The van der Waals surface area contributed by atoms with Gasteiger partial charge in [-0.3, -0.25) is 5.43 Å². The molecule has 23 heavy (non-hydrogen) atoms. The van der Waals surface area contributed by atoms with Gasteiger partial charge in [0.1, 0.15) is 5.82 Å². The van der Waals surface area contributed by atoms with Crippen molar-refractivity contribution in [2.24, 2.45) is 5.10 Å². The summed E-state index contributed by atoms with van der Waals surface area (Å²) in [5.41, 5.74) is 1.87. The Kier molecular flexibility index (Phi) is 4.95. The number of methoxy groups -OCH3 is 1. The highest BCUT2D eigenvalue weighted by molar-refractivity contribution is 6.31. The maximum Gasteiger partial charge on any atom is 0.417 e. The summed E-state index contributed by atoms with van der Waals surface area (Å²) >= 11 is 5.86. The molecule has 1 heterocycles.